The molecule has 3 fully saturated rings. The quantitative estimate of drug-likeness (QED) is 0.486. The molecule has 3 aliphatic carbocycles. The highest BCUT2D eigenvalue weighted by atomic mass is 16.3. The lowest BCUT2D eigenvalue weighted by molar-refractivity contribution is 0.0592. The molecule has 0 aromatic heterocycles. The van der Waals surface area contributed by atoms with Crippen molar-refractivity contribution >= 4 is 0 Å². The zero-order chi connectivity index (χ0) is 22.1. The molecule has 3 rings (SSSR count). The van der Waals surface area contributed by atoms with Crippen LogP contribution in [0.4, 0.5) is 0 Å². The molecule has 3 saturated carbocycles. The van der Waals surface area contributed by atoms with Gasteiger partial charge >= 0.3 is 0 Å². The fraction of sp³-hybridized carbons (Fsp3) is 0.778. The average molecular weight is 417 g/mol. The highest BCUT2D eigenvalue weighted by Gasteiger charge is 2.49. The highest BCUT2D eigenvalue weighted by Crippen LogP contribution is 2.59. The summed E-state index contributed by atoms with van der Waals surface area (Å²) in [4.78, 5) is 0. The van der Waals surface area contributed by atoms with Gasteiger partial charge in [-0.05, 0) is 107 Å². The van der Waals surface area contributed by atoms with Crippen LogP contribution in [0, 0.1) is 23.2 Å². The molecule has 0 aliphatic heterocycles. The topological polar surface area (TPSA) is 60.7 Å². The molecule has 3 nitrogen and oxygen atoms in total. The third-order valence-corrected chi connectivity index (χ3v) is 8.40. The fourth-order valence-electron chi connectivity index (χ4n) is 6.36. The Kier molecular flexibility index (Phi) is 7.37. The van der Waals surface area contributed by atoms with Crippen molar-refractivity contribution in [1.29, 1.82) is 0 Å². The van der Waals surface area contributed by atoms with Crippen LogP contribution in [0.2, 0.25) is 0 Å². The van der Waals surface area contributed by atoms with Crippen LogP contribution in [0.5, 0.6) is 0 Å². The standard InChI is InChI=1S/C27H44O3/c1-18(12-14-26(3,4)30)15-22-10-11-23-21(7-6-13-27(22,23)5)9-8-20-16-24(28)19(2)25(29)17-20/h8-9,18,22-25,28-30H,2,6-7,10-17H2,1,3-5H3/b20-8-,21-9+/t18-,22?,23?,24-,25?,27?/m1/s1. The lowest BCUT2D eigenvalue weighted by atomic mass is 9.62. The summed E-state index contributed by atoms with van der Waals surface area (Å²) in [6.07, 6.45) is 14.1. The zero-order valence-electron chi connectivity index (χ0n) is 19.7. The lowest BCUT2D eigenvalue weighted by Crippen LogP contribution is -2.34. The number of hydrogen-bond acceptors (Lipinski definition) is 3. The second kappa shape index (κ2) is 9.30. The third-order valence-electron chi connectivity index (χ3n) is 8.40. The lowest BCUT2D eigenvalue weighted by Gasteiger charge is -2.43. The monoisotopic (exact) mass is 416 g/mol. The van der Waals surface area contributed by atoms with Gasteiger partial charge in [0, 0.05) is 0 Å². The molecular formula is C27H44O3. The van der Waals surface area contributed by atoms with E-state index in [0.717, 1.165) is 24.3 Å². The molecule has 3 aliphatic rings. The van der Waals surface area contributed by atoms with Gasteiger partial charge in [-0.15, -0.1) is 0 Å². The summed E-state index contributed by atoms with van der Waals surface area (Å²) in [6.45, 7) is 12.5. The first kappa shape index (κ1) is 23.8. The van der Waals surface area contributed by atoms with Gasteiger partial charge in [-0.1, -0.05) is 43.7 Å². The summed E-state index contributed by atoms with van der Waals surface area (Å²) in [5.41, 5.74) is 3.11. The van der Waals surface area contributed by atoms with Crippen molar-refractivity contribution in [2.45, 2.75) is 110 Å². The van der Waals surface area contributed by atoms with E-state index >= 15 is 0 Å². The average Bonchev–Trinajstić information content (AvgIpc) is 2.99. The fourth-order valence-corrected chi connectivity index (χ4v) is 6.36. The van der Waals surface area contributed by atoms with E-state index in [1.54, 1.807) is 5.57 Å². The van der Waals surface area contributed by atoms with Crippen LogP contribution in [0.3, 0.4) is 0 Å². The molecule has 6 atom stereocenters. The Balaban J connectivity index is 1.66. The predicted molar refractivity (Wildman–Crippen MR) is 124 cm³/mol. The molecule has 0 saturated heterocycles. The predicted octanol–water partition coefficient (Wildman–Crippen LogP) is 5.70. The number of aliphatic hydroxyl groups excluding tert-OH is 2. The van der Waals surface area contributed by atoms with E-state index in [-0.39, 0.29) is 0 Å². The van der Waals surface area contributed by atoms with E-state index in [2.05, 4.69) is 32.6 Å². The van der Waals surface area contributed by atoms with Crippen molar-refractivity contribution in [2.24, 2.45) is 23.2 Å². The SMILES string of the molecule is C=C1C(O)C/C(=C\C=C2/CCCC3(C)C(C[C@H](C)CCC(C)(C)O)CCC23)C[C@H]1O. The van der Waals surface area contributed by atoms with Crippen molar-refractivity contribution in [3.05, 3.63) is 35.5 Å². The van der Waals surface area contributed by atoms with Crippen LogP contribution >= 0.6 is 0 Å². The maximum absolute atomic E-state index is 10.1. The Labute approximate surface area is 184 Å². The molecular weight excluding hydrogens is 372 g/mol. The van der Waals surface area contributed by atoms with E-state index in [0.29, 0.717) is 35.7 Å². The first-order valence-corrected chi connectivity index (χ1v) is 12.2. The number of rotatable bonds is 6. The Morgan fingerprint density at radius 2 is 1.83 bits per heavy atom. The van der Waals surface area contributed by atoms with Gasteiger partial charge < -0.3 is 15.3 Å². The Hall–Kier alpha value is -0.900. The number of fused-ring (bicyclic) bond motifs is 1. The smallest absolute Gasteiger partial charge is 0.0809 e. The van der Waals surface area contributed by atoms with E-state index < -0.39 is 17.8 Å². The summed E-state index contributed by atoms with van der Waals surface area (Å²) in [7, 11) is 0. The van der Waals surface area contributed by atoms with Crippen LogP contribution in [0.15, 0.2) is 35.5 Å². The number of hydrogen-bond donors (Lipinski definition) is 3. The highest BCUT2D eigenvalue weighted by molar-refractivity contribution is 5.29. The molecule has 0 bridgehead atoms. The van der Waals surface area contributed by atoms with Crippen molar-refractivity contribution < 1.29 is 15.3 Å². The van der Waals surface area contributed by atoms with E-state index in [4.69, 9.17) is 0 Å². The summed E-state index contributed by atoms with van der Waals surface area (Å²) in [5, 5.41) is 30.3. The largest absolute Gasteiger partial charge is 0.390 e. The molecule has 4 unspecified atom stereocenters. The van der Waals surface area contributed by atoms with Crippen LogP contribution in [-0.4, -0.2) is 33.1 Å². The van der Waals surface area contributed by atoms with Gasteiger partial charge in [0.15, 0.2) is 0 Å². The molecule has 30 heavy (non-hydrogen) atoms. The molecule has 0 aromatic carbocycles. The number of aliphatic hydroxyl groups is 3. The normalized spacial score (nSPS) is 38.8. The first-order valence-electron chi connectivity index (χ1n) is 12.2. The van der Waals surface area contributed by atoms with Gasteiger partial charge in [-0.2, -0.15) is 0 Å². The van der Waals surface area contributed by atoms with Crippen molar-refractivity contribution in [1.82, 2.24) is 0 Å². The molecule has 0 heterocycles. The third kappa shape index (κ3) is 5.47. The molecule has 170 valence electrons. The maximum atomic E-state index is 10.1. The minimum absolute atomic E-state index is 0.394. The van der Waals surface area contributed by atoms with Gasteiger partial charge in [0.05, 0.1) is 17.8 Å². The molecule has 3 N–H and O–H groups in total. The summed E-state index contributed by atoms with van der Waals surface area (Å²) in [5.74, 6) is 2.10. The van der Waals surface area contributed by atoms with Crippen LogP contribution < -0.4 is 0 Å². The van der Waals surface area contributed by atoms with Gasteiger partial charge in [0.25, 0.3) is 0 Å². The van der Waals surface area contributed by atoms with E-state index in [1.807, 2.05) is 13.8 Å². The zero-order valence-corrected chi connectivity index (χ0v) is 19.7. The van der Waals surface area contributed by atoms with Crippen molar-refractivity contribution in [3.8, 4) is 0 Å². The number of allylic oxidation sites excluding steroid dienone is 3. The minimum Gasteiger partial charge on any atom is -0.390 e. The summed E-state index contributed by atoms with van der Waals surface area (Å²) in [6, 6.07) is 0. The molecule has 0 radical (unpaired) electrons. The first-order chi connectivity index (χ1) is 14.0. The summed E-state index contributed by atoms with van der Waals surface area (Å²) < 4.78 is 0. The molecule has 0 spiro atoms. The Bertz CT molecular complexity index is 667. The second-order valence-corrected chi connectivity index (χ2v) is 11.5. The van der Waals surface area contributed by atoms with Gasteiger partial charge in [-0.25, -0.2) is 0 Å². The molecule has 0 aromatic rings. The van der Waals surface area contributed by atoms with Gasteiger partial charge in [0.1, 0.15) is 0 Å². The van der Waals surface area contributed by atoms with Crippen LogP contribution in [0.1, 0.15) is 91.9 Å². The van der Waals surface area contributed by atoms with Crippen molar-refractivity contribution in [3.63, 3.8) is 0 Å². The molecule has 3 heteroatoms. The summed E-state index contributed by atoms with van der Waals surface area (Å²) >= 11 is 0. The van der Waals surface area contributed by atoms with Gasteiger partial charge in [0.2, 0.25) is 0 Å². The molecule has 0 amide bonds. The van der Waals surface area contributed by atoms with Crippen molar-refractivity contribution in [2.75, 3.05) is 0 Å². The maximum Gasteiger partial charge on any atom is 0.0809 e. The van der Waals surface area contributed by atoms with Crippen LogP contribution in [-0.2, 0) is 0 Å². The van der Waals surface area contributed by atoms with Crippen LogP contribution in [0.25, 0.3) is 0 Å². The second-order valence-electron chi connectivity index (χ2n) is 11.5. The van der Waals surface area contributed by atoms with E-state index in [1.165, 1.54) is 38.5 Å². The Morgan fingerprint density at radius 3 is 2.47 bits per heavy atom. The van der Waals surface area contributed by atoms with Gasteiger partial charge in [-0.3, -0.25) is 0 Å². The Morgan fingerprint density at radius 1 is 1.17 bits per heavy atom. The minimum atomic E-state index is -0.615. The van der Waals surface area contributed by atoms with E-state index in [9.17, 15) is 15.3 Å².